The lowest BCUT2D eigenvalue weighted by Gasteiger charge is -2.40. The van der Waals surface area contributed by atoms with Crippen LogP contribution in [0.2, 0.25) is 0 Å². The van der Waals surface area contributed by atoms with Gasteiger partial charge >= 0.3 is 6.18 Å². The first kappa shape index (κ1) is 31.0. The van der Waals surface area contributed by atoms with E-state index >= 15 is 0 Å². The maximum Gasteiger partial charge on any atom is 0.416 e. The summed E-state index contributed by atoms with van der Waals surface area (Å²) in [4.78, 5) is 28.8. The highest BCUT2D eigenvalue weighted by Crippen LogP contribution is 2.51. The van der Waals surface area contributed by atoms with Crippen LogP contribution in [0.1, 0.15) is 38.5 Å². The van der Waals surface area contributed by atoms with Gasteiger partial charge in [-0.05, 0) is 53.6 Å². The zero-order valence-electron chi connectivity index (χ0n) is 23.6. The number of aliphatic hydroxyl groups is 3. The molecule has 5 rings (SSSR count). The first-order chi connectivity index (χ1) is 21.1. The molecule has 3 aromatic carbocycles. The second-order valence-corrected chi connectivity index (χ2v) is 10.5. The number of rotatable bonds is 9. The summed E-state index contributed by atoms with van der Waals surface area (Å²) in [5.74, 6) is -1.52. The number of hydrogen-bond donors (Lipinski definition) is 4. The molecule has 2 amide bonds. The molecule has 2 aliphatic rings. The van der Waals surface area contributed by atoms with Crippen LogP contribution in [0.15, 0.2) is 78.4 Å². The Kier molecular flexibility index (Phi) is 8.95. The van der Waals surface area contributed by atoms with E-state index in [9.17, 15) is 38.1 Å². The van der Waals surface area contributed by atoms with E-state index < -0.39 is 47.7 Å². The number of nitrogens with one attached hydrogen (secondary N) is 1. The Morgan fingerprint density at radius 3 is 2.34 bits per heavy atom. The van der Waals surface area contributed by atoms with Gasteiger partial charge in [0.2, 0.25) is 5.91 Å². The van der Waals surface area contributed by atoms with Crippen molar-refractivity contribution in [3.63, 3.8) is 0 Å². The van der Waals surface area contributed by atoms with E-state index in [0.717, 1.165) is 24.3 Å². The summed E-state index contributed by atoms with van der Waals surface area (Å²) in [6.45, 7) is -0.769. The fourth-order valence-electron chi connectivity index (χ4n) is 5.68. The molecule has 0 saturated heterocycles. The minimum absolute atomic E-state index is 0.0483. The average Bonchev–Trinajstić information content (AvgIpc) is 3.42. The Balaban J connectivity index is 1.61. The second-order valence-electron chi connectivity index (χ2n) is 10.5. The van der Waals surface area contributed by atoms with Gasteiger partial charge in [0.25, 0.3) is 5.91 Å². The van der Waals surface area contributed by atoms with E-state index in [1.54, 1.807) is 42.5 Å². The van der Waals surface area contributed by atoms with Gasteiger partial charge in [0.05, 0.1) is 37.8 Å². The Morgan fingerprint density at radius 2 is 1.73 bits per heavy atom. The molecule has 1 heterocycles. The molecule has 44 heavy (non-hydrogen) atoms. The van der Waals surface area contributed by atoms with E-state index in [4.69, 9.17) is 9.47 Å². The quantitative estimate of drug-likeness (QED) is 0.292. The van der Waals surface area contributed by atoms with Gasteiger partial charge in [0, 0.05) is 29.8 Å². The number of methoxy groups -OCH3 is 1. The van der Waals surface area contributed by atoms with Crippen LogP contribution in [-0.2, 0) is 24.1 Å². The third kappa shape index (κ3) is 6.01. The van der Waals surface area contributed by atoms with Crippen LogP contribution in [0, 0.1) is 0 Å². The van der Waals surface area contributed by atoms with Crippen molar-refractivity contribution in [2.75, 3.05) is 20.3 Å². The SMILES string of the molecule is COc1cc(CO)cc2c1OC1C2C(C(=O)NCCO)=CC(N(Cc2ccccc2)C(=O)c2ccc(C(F)(F)F)cc2)C1O. The van der Waals surface area contributed by atoms with Gasteiger partial charge in [-0.1, -0.05) is 30.3 Å². The number of carbonyl (C=O) groups is 2. The van der Waals surface area contributed by atoms with Crippen molar-refractivity contribution in [3.8, 4) is 11.5 Å². The predicted octanol–water partition coefficient (Wildman–Crippen LogP) is 3.17. The van der Waals surface area contributed by atoms with Gasteiger partial charge in [-0.2, -0.15) is 13.2 Å². The summed E-state index contributed by atoms with van der Waals surface area (Å²) >= 11 is 0. The maximum atomic E-state index is 14.0. The van der Waals surface area contributed by atoms with Crippen LogP contribution in [0.3, 0.4) is 0 Å². The summed E-state index contributed by atoms with van der Waals surface area (Å²) < 4.78 is 51.4. The highest BCUT2D eigenvalue weighted by molar-refractivity contribution is 5.97. The van der Waals surface area contributed by atoms with Gasteiger partial charge < -0.3 is 35.0 Å². The molecule has 0 fully saturated rings. The minimum Gasteiger partial charge on any atom is -0.493 e. The monoisotopic (exact) mass is 612 g/mol. The zero-order chi connectivity index (χ0) is 31.6. The van der Waals surface area contributed by atoms with E-state index in [1.807, 2.05) is 0 Å². The van der Waals surface area contributed by atoms with Gasteiger partial charge in [-0.15, -0.1) is 0 Å². The van der Waals surface area contributed by atoms with Crippen LogP contribution in [0.4, 0.5) is 13.2 Å². The van der Waals surface area contributed by atoms with Crippen molar-refractivity contribution < 1.29 is 47.6 Å². The lowest BCUT2D eigenvalue weighted by Crippen LogP contribution is -2.55. The zero-order valence-corrected chi connectivity index (χ0v) is 23.6. The predicted molar refractivity (Wildman–Crippen MR) is 152 cm³/mol. The fraction of sp³-hybridized carbons (Fsp3) is 0.312. The first-order valence-corrected chi connectivity index (χ1v) is 13.9. The third-order valence-corrected chi connectivity index (χ3v) is 7.77. The van der Waals surface area contributed by atoms with E-state index in [0.29, 0.717) is 16.7 Å². The van der Waals surface area contributed by atoms with Crippen molar-refractivity contribution in [3.05, 3.63) is 106 Å². The van der Waals surface area contributed by atoms with Gasteiger partial charge in [0.1, 0.15) is 12.2 Å². The number of alkyl halides is 3. The molecule has 232 valence electrons. The fourth-order valence-corrected chi connectivity index (χ4v) is 5.68. The summed E-state index contributed by atoms with van der Waals surface area (Å²) in [7, 11) is 1.41. The third-order valence-electron chi connectivity index (χ3n) is 7.77. The highest BCUT2D eigenvalue weighted by Gasteiger charge is 2.51. The molecule has 0 spiro atoms. The number of benzene rings is 3. The second kappa shape index (κ2) is 12.7. The molecule has 12 heteroatoms. The Bertz CT molecular complexity index is 1540. The van der Waals surface area contributed by atoms with Gasteiger partial charge in [-0.25, -0.2) is 0 Å². The highest BCUT2D eigenvalue weighted by atomic mass is 19.4. The normalized spacial score (nSPS) is 20.6. The Morgan fingerprint density at radius 1 is 1.02 bits per heavy atom. The van der Waals surface area contributed by atoms with E-state index in [2.05, 4.69) is 5.32 Å². The summed E-state index contributed by atoms with van der Waals surface area (Å²) in [5, 5.41) is 33.6. The van der Waals surface area contributed by atoms with E-state index in [-0.39, 0.29) is 48.9 Å². The van der Waals surface area contributed by atoms with Crippen LogP contribution in [-0.4, -0.2) is 70.5 Å². The molecule has 0 aromatic heterocycles. The largest absolute Gasteiger partial charge is 0.493 e. The minimum atomic E-state index is -4.59. The van der Waals surface area contributed by atoms with Crippen LogP contribution < -0.4 is 14.8 Å². The molecule has 3 aromatic rings. The van der Waals surface area contributed by atoms with Crippen molar-refractivity contribution >= 4 is 11.8 Å². The molecular formula is C32H31F3N2O7. The number of nitrogens with zero attached hydrogens (tertiary/aromatic N) is 1. The summed E-state index contributed by atoms with van der Waals surface area (Å²) in [6.07, 6.45) is -5.60. The smallest absolute Gasteiger partial charge is 0.416 e. The van der Waals surface area contributed by atoms with Crippen LogP contribution in [0.5, 0.6) is 11.5 Å². The van der Waals surface area contributed by atoms with Crippen LogP contribution >= 0.6 is 0 Å². The summed E-state index contributed by atoms with van der Waals surface area (Å²) in [5.41, 5.74) is 0.831. The number of ether oxygens (including phenoxy) is 2. The van der Waals surface area contributed by atoms with E-state index in [1.165, 1.54) is 18.1 Å². The molecule has 4 unspecified atom stereocenters. The molecule has 1 aliphatic carbocycles. The van der Waals surface area contributed by atoms with Crippen LogP contribution in [0.25, 0.3) is 0 Å². The molecule has 4 N–H and O–H groups in total. The maximum absolute atomic E-state index is 14.0. The lowest BCUT2D eigenvalue weighted by atomic mass is 9.77. The first-order valence-electron chi connectivity index (χ1n) is 13.9. The number of amides is 2. The number of carbonyl (C=O) groups excluding carboxylic acids is 2. The van der Waals surface area contributed by atoms with Gasteiger partial charge in [-0.3, -0.25) is 9.59 Å². The molecule has 1 aliphatic heterocycles. The molecule has 0 bridgehead atoms. The number of hydrogen-bond acceptors (Lipinski definition) is 7. The molecule has 9 nitrogen and oxygen atoms in total. The Labute approximate surface area is 251 Å². The number of fused-ring (bicyclic) bond motifs is 3. The summed E-state index contributed by atoms with van der Waals surface area (Å²) in [6, 6.07) is 14.7. The topological polar surface area (TPSA) is 129 Å². The number of aliphatic hydroxyl groups excluding tert-OH is 3. The van der Waals surface area contributed by atoms with Crippen molar-refractivity contribution in [1.82, 2.24) is 10.2 Å². The van der Waals surface area contributed by atoms with Crippen molar-refractivity contribution in [2.24, 2.45) is 0 Å². The average molecular weight is 613 g/mol. The molecular weight excluding hydrogens is 581 g/mol. The Hall–Kier alpha value is -4.39. The molecule has 0 saturated carbocycles. The number of halogens is 3. The molecule has 0 radical (unpaired) electrons. The standard InChI is InChI=1S/C32H31F3N2O7/c1-43-25-14-19(17-39)13-22-26-23(30(41)36-11-12-38)15-24(27(40)29(26)44-28(22)25)37(16-18-5-3-2-4-6-18)31(42)20-7-9-21(10-8-20)32(33,34)35/h2-10,13-15,24,26-27,29,38-40H,11-12,16-17H2,1H3,(H,36,41). The van der Waals surface area contributed by atoms with Crippen molar-refractivity contribution in [1.29, 1.82) is 0 Å². The van der Waals surface area contributed by atoms with Crippen molar-refractivity contribution in [2.45, 2.75) is 43.5 Å². The molecule has 4 atom stereocenters. The van der Waals surface area contributed by atoms with Gasteiger partial charge in [0.15, 0.2) is 11.5 Å². The lowest BCUT2D eigenvalue weighted by molar-refractivity contribution is -0.137.